The average molecular weight is 391 g/mol. The predicted octanol–water partition coefficient (Wildman–Crippen LogP) is 2.41. The van der Waals surface area contributed by atoms with Gasteiger partial charge in [0.25, 0.3) is 0 Å². The highest BCUT2D eigenvalue weighted by Crippen LogP contribution is 2.73. The van der Waals surface area contributed by atoms with Crippen molar-refractivity contribution in [1.29, 1.82) is 0 Å². The van der Waals surface area contributed by atoms with Crippen LogP contribution in [-0.2, 0) is 9.47 Å². The van der Waals surface area contributed by atoms with E-state index in [1.807, 2.05) is 26.8 Å². The van der Waals surface area contributed by atoms with Crippen molar-refractivity contribution in [3.05, 3.63) is 23.3 Å². The van der Waals surface area contributed by atoms with Gasteiger partial charge in [-0.1, -0.05) is 32.9 Å². The van der Waals surface area contributed by atoms with Crippen molar-refractivity contribution in [3.8, 4) is 0 Å². The molecule has 9 atom stereocenters. The van der Waals surface area contributed by atoms with Crippen LogP contribution < -0.4 is 0 Å². The first-order chi connectivity index (χ1) is 12.9. The molecule has 0 radical (unpaired) electrons. The van der Waals surface area contributed by atoms with Crippen molar-refractivity contribution >= 4 is 0 Å². The lowest BCUT2D eigenvalue weighted by Crippen LogP contribution is -2.68. The molecule has 0 aromatic carbocycles. The third-order valence-corrected chi connectivity index (χ3v) is 8.97. The molecule has 1 saturated heterocycles. The number of fused-ring (bicyclic) bond motifs is 5. The monoisotopic (exact) mass is 390 g/mol. The minimum absolute atomic E-state index is 0.0150. The second-order valence-corrected chi connectivity index (χ2v) is 11.1. The second-order valence-electron chi connectivity index (χ2n) is 11.1. The van der Waals surface area contributed by atoms with Crippen LogP contribution in [0.5, 0.6) is 0 Å². The summed E-state index contributed by atoms with van der Waals surface area (Å²) < 4.78 is 12.2. The fourth-order valence-electron chi connectivity index (χ4n) is 7.44. The van der Waals surface area contributed by atoms with Gasteiger partial charge in [0, 0.05) is 5.92 Å². The molecule has 5 nitrogen and oxygen atoms in total. The molecule has 2 bridgehead atoms. The lowest BCUT2D eigenvalue weighted by Gasteiger charge is -2.54. The van der Waals surface area contributed by atoms with Crippen LogP contribution in [0.15, 0.2) is 23.3 Å². The molecule has 28 heavy (non-hydrogen) atoms. The summed E-state index contributed by atoms with van der Waals surface area (Å²) in [6.45, 7) is 12.6. The summed E-state index contributed by atoms with van der Waals surface area (Å²) in [6, 6.07) is 0. The summed E-state index contributed by atoms with van der Waals surface area (Å²) >= 11 is 0. The average Bonchev–Trinajstić information content (AvgIpc) is 3.10. The Labute approximate surface area is 167 Å². The maximum atomic E-state index is 12.3. The molecule has 1 heterocycles. The standard InChI is InChI=1S/C23H34O5/c1-11-9-22-12(2)7-15-16(20(15,3)4)14(18(22)25)8-13-10-27-21(5,6)28-19(13)23(22,26)17(11)24/h8-9,12,14-19,24-26H,7,10H2,1-6H3/t12-,14+,15-,16+,17+,18?,19-,22+,23?/m1/s1. The zero-order valence-electron chi connectivity index (χ0n) is 17.8. The van der Waals surface area contributed by atoms with Gasteiger partial charge in [0.2, 0.25) is 0 Å². The Morgan fingerprint density at radius 3 is 2.50 bits per heavy atom. The summed E-state index contributed by atoms with van der Waals surface area (Å²) in [5.41, 5.74) is -0.816. The topological polar surface area (TPSA) is 79.2 Å². The molecule has 2 unspecified atom stereocenters. The highest BCUT2D eigenvalue weighted by Gasteiger charge is 2.76. The predicted molar refractivity (Wildman–Crippen MR) is 104 cm³/mol. The zero-order chi connectivity index (χ0) is 20.4. The molecule has 156 valence electrons. The summed E-state index contributed by atoms with van der Waals surface area (Å²) in [6.07, 6.45) is 2.46. The van der Waals surface area contributed by atoms with E-state index < -0.39 is 35.1 Å². The molecule has 3 fully saturated rings. The Balaban J connectivity index is 1.76. The van der Waals surface area contributed by atoms with Crippen molar-refractivity contribution in [2.45, 2.75) is 77.7 Å². The van der Waals surface area contributed by atoms with Gasteiger partial charge in [-0.25, -0.2) is 0 Å². The van der Waals surface area contributed by atoms with Crippen LogP contribution in [0.3, 0.4) is 0 Å². The Bertz CT molecular complexity index is 782. The van der Waals surface area contributed by atoms with E-state index in [0.29, 0.717) is 18.4 Å². The molecular weight excluding hydrogens is 356 g/mol. The molecule has 0 aromatic rings. The quantitative estimate of drug-likeness (QED) is 0.554. The lowest BCUT2D eigenvalue weighted by molar-refractivity contribution is -0.312. The molecule has 3 N–H and O–H groups in total. The van der Waals surface area contributed by atoms with Gasteiger partial charge in [-0.05, 0) is 61.5 Å². The number of rotatable bonds is 0. The Morgan fingerprint density at radius 2 is 1.82 bits per heavy atom. The summed E-state index contributed by atoms with van der Waals surface area (Å²) in [7, 11) is 0. The highest BCUT2D eigenvalue weighted by atomic mass is 16.7. The molecule has 4 aliphatic carbocycles. The van der Waals surface area contributed by atoms with E-state index >= 15 is 0 Å². The lowest BCUT2D eigenvalue weighted by atomic mass is 9.58. The van der Waals surface area contributed by atoms with Crippen LogP contribution in [0.4, 0.5) is 0 Å². The number of aliphatic hydroxyl groups is 3. The molecule has 5 rings (SSSR count). The van der Waals surface area contributed by atoms with Crippen molar-refractivity contribution in [2.24, 2.45) is 34.5 Å². The zero-order valence-corrected chi connectivity index (χ0v) is 17.8. The van der Waals surface area contributed by atoms with E-state index in [4.69, 9.17) is 9.47 Å². The highest BCUT2D eigenvalue weighted by molar-refractivity contribution is 5.43. The van der Waals surface area contributed by atoms with Gasteiger partial charge < -0.3 is 24.8 Å². The molecule has 0 aromatic heterocycles. The van der Waals surface area contributed by atoms with Crippen LogP contribution in [0.2, 0.25) is 0 Å². The van der Waals surface area contributed by atoms with E-state index in [9.17, 15) is 15.3 Å². The molecular formula is C23H34O5. The van der Waals surface area contributed by atoms with E-state index in [1.165, 1.54) is 0 Å². The Hall–Kier alpha value is -0.720. The molecule has 1 aliphatic heterocycles. The summed E-state index contributed by atoms with van der Waals surface area (Å²) in [5, 5.41) is 35.3. The molecule has 5 aliphatic rings. The molecule has 0 amide bonds. The first-order valence-electron chi connectivity index (χ1n) is 10.7. The SMILES string of the molecule is CC1=C[C@]23C(O)[C@@H](C=C4COC(C)(C)O[C@H]4C2(O)[C@H]1O)[C@H]1[C@@H](C[C@H]3C)C1(C)C. The second kappa shape index (κ2) is 5.30. The van der Waals surface area contributed by atoms with Crippen LogP contribution in [0.25, 0.3) is 0 Å². The molecule has 2 saturated carbocycles. The maximum Gasteiger partial charge on any atom is 0.164 e. The van der Waals surface area contributed by atoms with E-state index in [-0.39, 0.29) is 17.3 Å². The number of aliphatic hydroxyl groups excluding tert-OH is 2. The van der Waals surface area contributed by atoms with E-state index in [0.717, 1.165) is 17.6 Å². The third-order valence-electron chi connectivity index (χ3n) is 8.97. The largest absolute Gasteiger partial charge is 0.391 e. The molecule has 5 heteroatoms. The molecule has 1 spiro atoms. The smallest absolute Gasteiger partial charge is 0.164 e. The Kier molecular flexibility index (Phi) is 3.65. The van der Waals surface area contributed by atoms with Gasteiger partial charge in [0.05, 0.1) is 18.1 Å². The van der Waals surface area contributed by atoms with Crippen LogP contribution in [0, 0.1) is 34.5 Å². The first-order valence-corrected chi connectivity index (χ1v) is 10.7. The van der Waals surface area contributed by atoms with Crippen LogP contribution in [0.1, 0.15) is 48.0 Å². The summed E-state index contributed by atoms with van der Waals surface area (Å²) in [5.74, 6) is -0.0618. The first kappa shape index (κ1) is 19.3. The van der Waals surface area contributed by atoms with Crippen molar-refractivity contribution in [3.63, 3.8) is 0 Å². The third kappa shape index (κ3) is 2.00. The fourth-order valence-corrected chi connectivity index (χ4v) is 7.44. The van der Waals surface area contributed by atoms with Crippen molar-refractivity contribution in [1.82, 2.24) is 0 Å². The number of hydrogen-bond acceptors (Lipinski definition) is 5. The van der Waals surface area contributed by atoms with E-state index in [2.05, 4.69) is 26.8 Å². The van der Waals surface area contributed by atoms with Crippen LogP contribution >= 0.6 is 0 Å². The van der Waals surface area contributed by atoms with E-state index in [1.54, 1.807) is 0 Å². The number of hydrogen-bond donors (Lipinski definition) is 3. The van der Waals surface area contributed by atoms with Gasteiger partial charge >= 0.3 is 0 Å². The maximum absolute atomic E-state index is 12.3. The number of ether oxygens (including phenoxy) is 2. The van der Waals surface area contributed by atoms with Crippen LogP contribution in [-0.4, -0.2) is 51.6 Å². The normalized spacial score (nSPS) is 55.7. The van der Waals surface area contributed by atoms with Crippen molar-refractivity contribution < 1.29 is 24.8 Å². The fraction of sp³-hybridized carbons (Fsp3) is 0.826. The van der Waals surface area contributed by atoms with Gasteiger partial charge in [0.1, 0.15) is 17.8 Å². The van der Waals surface area contributed by atoms with Gasteiger partial charge in [-0.3, -0.25) is 0 Å². The minimum Gasteiger partial charge on any atom is -0.391 e. The van der Waals surface area contributed by atoms with Gasteiger partial charge in [-0.2, -0.15) is 0 Å². The minimum atomic E-state index is -1.61. The van der Waals surface area contributed by atoms with Gasteiger partial charge in [-0.15, -0.1) is 0 Å². The summed E-state index contributed by atoms with van der Waals surface area (Å²) in [4.78, 5) is 0. The van der Waals surface area contributed by atoms with Crippen molar-refractivity contribution in [2.75, 3.05) is 6.61 Å². The van der Waals surface area contributed by atoms with Gasteiger partial charge in [0.15, 0.2) is 5.79 Å². The Morgan fingerprint density at radius 1 is 1.14 bits per heavy atom.